The highest BCUT2D eigenvalue weighted by atomic mass is 32.2. The Hall–Kier alpha value is -3.24. The Bertz CT molecular complexity index is 1150. The molecule has 1 heterocycles. The Balaban J connectivity index is 1.71. The number of rotatable bonds is 7. The van der Waals surface area contributed by atoms with E-state index >= 15 is 0 Å². The first-order valence-corrected chi connectivity index (χ1v) is 10.7. The predicted octanol–water partition coefficient (Wildman–Crippen LogP) is 2.69. The maximum Gasteiger partial charge on any atom is 0.255 e. The third kappa shape index (κ3) is 5.02. The molecule has 0 saturated carbocycles. The number of sulfonamides is 1. The molecule has 2 aromatic carbocycles. The third-order valence-corrected chi connectivity index (χ3v) is 5.22. The van der Waals surface area contributed by atoms with Gasteiger partial charge >= 0.3 is 0 Å². The van der Waals surface area contributed by atoms with Crippen molar-refractivity contribution in [2.45, 2.75) is 31.1 Å². The van der Waals surface area contributed by atoms with Crippen LogP contribution in [-0.2, 0) is 16.4 Å². The van der Waals surface area contributed by atoms with Crippen molar-refractivity contribution >= 4 is 21.6 Å². The van der Waals surface area contributed by atoms with Gasteiger partial charge < -0.3 is 14.6 Å². The van der Waals surface area contributed by atoms with E-state index in [9.17, 15) is 13.2 Å². The number of carbonyl (C=O) groups is 1. The minimum absolute atomic E-state index is 0.0699. The van der Waals surface area contributed by atoms with E-state index in [1.54, 1.807) is 12.1 Å². The van der Waals surface area contributed by atoms with E-state index in [1.165, 1.54) is 25.3 Å². The molecule has 0 bridgehead atoms. The number of nitrogens with two attached hydrogens (primary N) is 1. The van der Waals surface area contributed by atoms with E-state index in [0.29, 0.717) is 23.8 Å². The van der Waals surface area contributed by atoms with Crippen molar-refractivity contribution in [3.63, 3.8) is 0 Å². The summed E-state index contributed by atoms with van der Waals surface area (Å²) < 4.78 is 33.6. The standard InChI is InChI=1S/C20H22N4O5S/c1-12(2)20-23-18(24-29-20)10-13-4-7-15(8-5-13)22-19(25)14-6-9-16(28-3)17(11-14)30(21,26)27/h4-9,11-12H,10H2,1-3H3,(H,22,25)(H2,21,26,27). The summed E-state index contributed by atoms with van der Waals surface area (Å²) in [6.07, 6.45) is 0.501. The van der Waals surface area contributed by atoms with Gasteiger partial charge in [-0.25, -0.2) is 13.6 Å². The Morgan fingerprint density at radius 2 is 1.90 bits per heavy atom. The highest BCUT2D eigenvalue weighted by Gasteiger charge is 2.18. The fourth-order valence-corrected chi connectivity index (χ4v) is 3.43. The molecule has 0 aliphatic carbocycles. The summed E-state index contributed by atoms with van der Waals surface area (Å²) >= 11 is 0. The van der Waals surface area contributed by atoms with Gasteiger partial charge in [0.15, 0.2) is 5.82 Å². The summed E-state index contributed by atoms with van der Waals surface area (Å²) in [5, 5.41) is 11.9. The van der Waals surface area contributed by atoms with Gasteiger partial charge in [-0.2, -0.15) is 4.98 Å². The zero-order valence-electron chi connectivity index (χ0n) is 16.7. The molecule has 9 nitrogen and oxygen atoms in total. The van der Waals surface area contributed by atoms with Crippen LogP contribution in [0.5, 0.6) is 5.75 Å². The SMILES string of the molecule is COc1ccc(C(=O)Nc2ccc(Cc3noc(C(C)C)n3)cc2)cc1S(N)(=O)=O. The van der Waals surface area contributed by atoms with E-state index in [-0.39, 0.29) is 22.1 Å². The molecule has 0 radical (unpaired) electrons. The van der Waals surface area contributed by atoms with E-state index in [1.807, 2.05) is 26.0 Å². The third-order valence-electron chi connectivity index (χ3n) is 4.28. The molecule has 0 aliphatic heterocycles. The molecule has 0 aliphatic rings. The molecule has 3 N–H and O–H groups in total. The van der Waals surface area contributed by atoms with Crippen LogP contribution in [0.2, 0.25) is 0 Å². The molecule has 30 heavy (non-hydrogen) atoms. The van der Waals surface area contributed by atoms with Crippen LogP contribution in [-0.4, -0.2) is 31.6 Å². The van der Waals surface area contributed by atoms with Gasteiger partial charge in [0.1, 0.15) is 10.6 Å². The molecule has 3 aromatic rings. The van der Waals surface area contributed by atoms with Crippen molar-refractivity contribution < 1.29 is 22.5 Å². The second-order valence-corrected chi connectivity index (χ2v) is 8.47. The molecular formula is C20H22N4O5S. The second-order valence-electron chi connectivity index (χ2n) is 6.94. The lowest BCUT2D eigenvalue weighted by atomic mass is 10.1. The number of nitrogens with zero attached hydrogens (tertiary/aromatic N) is 2. The average molecular weight is 430 g/mol. The van der Waals surface area contributed by atoms with E-state index in [4.69, 9.17) is 14.4 Å². The lowest BCUT2D eigenvalue weighted by molar-refractivity contribution is 0.102. The van der Waals surface area contributed by atoms with Crippen molar-refractivity contribution in [3.8, 4) is 5.75 Å². The predicted molar refractivity (Wildman–Crippen MR) is 110 cm³/mol. The summed E-state index contributed by atoms with van der Waals surface area (Å²) in [5.41, 5.74) is 1.63. The van der Waals surface area contributed by atoms with Gasteiger partial charge in [-0.1, -0.05) is 31.1 Å². The average Bonchev–Trinajstić information content (AvgIpc) is 3.17. The minimum atomic E-state index is -4.04. The Labute approximate surface area is 174 Å². The number of nitrogens with one attached hydrogen (secondary N) is 1. The van der Waals surface area contributed by atoms with Crippen LogP contribution in [0.1, 0.15) is 47.4 Å². The topological polar surface area (TPSA) is 137 Å². The fraction of sp³-hybridized carbons (Fsp3) is 0.250. The lowest BCUT2D eigenvalue weighted by Gasteiger charge is -2.10. The maximum atomic E-state index is 12.5. The van der Waals surface area contributed by atoms with Gasteiger partial charge in [0.25, 0.3) is 5.91 Å². The molecule has 0 atom stereocenters. The fourth-order valence-electron chi connectivity index (χ4n) is 2.71. The lowest BCUT2D eigenvalue weighted by Crippen LogP contribution is -2.16. The second kappa shape index (κ2) is 8.64. The van der Waals surface area contributed by atoms with Crippen molar-refractivity contribution in [1.29, 1.82) is 0 Å². The van der Waals surface area contributed by atoms with Crippen molar-refractivity contribution in [2.75, 3.05) is 12.4 Å². The molecule has 0 fully saturated rings. The monoisotopic (exact) mass is 430 g/mol. The Morgan fingerprint density at radius 1 is 1.20 bits per heavy atom. The van der Waals surface area contributed by atoms with Crippen LogP contribution in [0, 0.1) is 0 Å². The van der Waals surface area contributed by atoms with Gasteiger partial charge in [-0.15, -0.1) is 0 Å². The van der Waals surface area contributed by atoms with E-state index in [0.717, 1.165) is 5.56 Å². The number of primary sulfonamides is 1. The highest BCUT2D eigenvalue weighted by Crippen LogP contribution is 2.24. The first-order valence-electron chi connectivity index (χ1n) is 9.11. The number of amides is 1. The van der Waals surface area contributed by atoms with Crippen molar-refractivity contribution in [1.82, 2.24) is 10.1 Å². The number of ether oxygens (including phenoxy) is 1. The van der Waals surface area contributed by atoms with Crippen LogP contribution in [0.3, 0.4) is 0 Å². The largest absolute Gasteiger partial charge is 0.495 e. The summed E-state index contributed by atoms with van der Waals surface area (Å²) in [4.78, 5) is 16.6. The smallest absolute Gasteiger partial charge is 0.255 e. The van der Waals surface area contributed by atoms with E-state index < -0.39 is 15.9 Å². The number of carbonyl (C=O) groups excluding carboxylic acids is 1. The first kappa shape index (κ1) is 21.5. The number of hydrogen-bond acceptors (Lipinski definition) is 7. The summed E-state index contributed by atoms with van der Waals surface area (Å²) in [5.74, 6) is 0.934. The normalized spacial score (nSPS) is 11.5. The van der Waals surface area contributed by atoms with Crippen LogP contribution in [0.15, 0.2) is 51.9 Å². The molecule has 158 valence electrons. The molecule has 0 saturated heterocycles. The van der Waals surface area contributed by atoms with Crippen LogP contribution >= 0.6 is 0 Å². The maximum absolute atomic E-state index is 12.5. The van der Waals surface area contributed by atoms with Crippen molar-refractivity contribution in [3.05, 3.63) is 65.3 Å². The number of anilines is 1. The molecule has 3 rings (SSSR count). The zero-order valence-corrected chi connectivity index (χ0v) is 17.6. The molecular weight excluding hydrogens is 408 g/mol. The van der Waals surface area contributed by atoms with E-state index in [2.05, 4.69) is 15.5 Å². The highest BCUT2D eigenvalue weighted by molar-refractivity contribution is 7.89. The summed E-state index contributed by atoms with van der Waals surface area (Å²) in [7, 11) is -2.72. The molecule has 10 heteroatoms. The quantitative estimate of drug-likeness (QED) is 0.588. The summed E-state index contributed by atoms with van der Waals surface area (Å²) in [6, 6.07) is 11.2. The molecule has 1 aromatic heterocycles. The van der Waals surface area contributed by atoms with Crippen LogP contribution in [0.25, 0.3) is 0 Å². The number of aromatic nitrogens is 2. The number of methoxy groups -OCH3 is 1. The van der Waals surface area contributed by atoms with Gasteiger partial charge in [0, 0.05) is 23.6 Å². The van der Waals surface area contributed by atoms with Gasteiger partial charge in [-0.05, 0) is 35.9 Å². The van der Waals surface area contributed by atoms with Crippen LogP contribution < -0.4 is 15.2 Å². The van der Waals surface area contributed by atoms with Crippen LogP contribution in [0.4, 0.5) is 5.69 Å². The van der Waals surface area contributed by atoms with Gasteiger partial charge in [0.05, 0.1) is 7.11 Å². The zero-order chi connectivity index (χ0) is 21.9. The molecule has 0 spiro atoms. The first-order chi connectivity index (χ1) is 14.2. The number of benzene rings is 2. The molecule has 1 amide bonds. The minimum Gasteiger partial charge on any atom is -0.495 e. The van der Waals surface area contributed by atoms with Crippen molar-refractivity contribution in [2.24, 2.45) is 5.14 Å². The van der Waals surface area contributed by atoms with Gasteiger partial charge in [-0.3, -0.25) is 4.79 Å². The van der Waals surface area contributed by atoms with Gasteiger partial charge in [0.2, 0.25) is 15.9 Å². The molecule has 0 unspecified atom stereocenters. The Kier molecular flexibility index (Phi) is 6.18. The summed E-state index contributed by atoms with van der Waals surface area (Å²) in [6.45, 7) is 3.95. The Morgan fingerprint density at radius 3 is 2.47 bits per heavy atom. The number of hydrogen-bond donors (Lipinski definition) is 2.